The monoisotopic (exact) mass is 273 g/mol. The van der Waals surface area contributed by atoms with Gasteiger partial charge in [0.05, 0.1) is 0 Å². The van der Waals surface area contributed by atoms with E-state index in [0.29, 0.717) is 5.92 Å². The Morgan fingerprint density at radius 3 is 2.85 bits per heavy atom. The molecule has 0 amide bonds. The summed E-state index contributed by atoms with van der Waals surface area (Å²) >= 11 is 0. The number of nitrogens with zero attached hydrogens (tertiary/aromatic N) is 2. The zero-order valence-corrected chi connectivity index (χ0v) is 12.6. The lowest BCUT2D eigenvalue weighted by Gasteiger charge is -2.22. The van der Waals surface area contributed by atoms with Crippen LogP contribution in [-0.4, -0.2) is 56.1 Å². The van der Waals surface area contributed by atoms with Gasteiger partial charge in [-0.25, -0.2) is 0 Å². The first-order valence-electron chi connectivity index (χ1n) is 8.06. The molecule has 110 valence electrons. The average Bonchev–Trinajstić information content (AvgIpc) is 3.12. The van der Waals surface area contributed by atoms with Crippen molar-refractivity contribution < 1.29 is 0 Å². The first kappa shape index (κ1) is 13.9. The van der Waals surface area contributed by atoms with Crippen LogP contribution in [0.2, 0.25) is 0 Å². The summed E-state index contributed by atoms with van der Waals surface area (Å²) in [7, 11) is 2.27. The molecule has 1 unspecified atom stereocenters. The summed E-state index contributed by atoms with van der Waals surface area (Å²) in [5.41, 5.74) is 2.86. The molecular weight excluding hydrogens is 246 g/mol. The summed E-state index contributed by atoms with van der Waals surface area (Å²) in [5, 5.41) is 3.52. The number of hydrogen-bond acceptors (Lipinski definition) is 3. The maximum Gasteiger partial charge on any atom is 0.0376 e. The van der Waals surface area contributed by atoms with Crippen molar-refractivity contribution in [3.05, 3.63) is 29.8 Å². The number of para-hydroxylation sites is 1. The van der Waals surface area contributed by atoms with E-state index in [0.717, 1.165) is 6.54 Å². The predicted molar refractivity (Wildman–Crippen MR) is 85.5 cm³/mol. The fourth-order valence-corrected chi connectivity index (χ4v) is 3.42. The second-order valence-electron chi connectivity index (χ2n) is 6.31. The van der Waals surface area contributed by atoms with Crippen LogP contribution in [0.1, 0.15) is 30.7 Å². The molecule has 3 rings (SSSR count). The number of benzene rings is 1. The van der Waals surface area contributed by atoms with Gasteiger partial charge in [0.25, 0.3) is 0 Å². The van der Waals surface area contributed by atoms with E-state index < -0.39 is 0 Å². The fraction of sp³-hybridized carbons (Fsp3) is 0.647. The molecule has 0 radical (unpaired) electrons. The Hall–Kier alpha value is -1.06. The number of anilines is 1. The topological polar surface area (TPSA) is 18.5 Å². The zero-order valence-electron chi connectivity index (χ0n) is 12.6. The number of fused-ring (bicyclic) bond motifs is 1. The van der Waals surface area contributed by atoms with Crippen LogP contribution in [-0.2, 0) is 0 Å². The molecule has 20 heavy (non-hydrogen) atoms. The molecule has 0 aromatic heterocycles. The highest BCUT2D eigenvalue weighted by Gasteiger charge is 2.21. The van der Waals surface area contributed by atoms with Crippen LogP contribution < -0.4 is 5.32 Å². The minimum Gasteiger partial charge on any atom is -0.384 e. The van der Waals surface area contributed by atoms with E-state index >= 15 is 0 Å². The maximum absolute atomic E-state index is 3.52. The minimum absolute atomic E-state index is 0.695. The highest BCUT2D eigenvalue weighted by Crippen LogP contribution is 2.33. The predicted octanol–water partition coefficient (Wildman–Crippen LogP) is 2.61. The van der Waals surface area contributed by atoms with E-state index in [1.807, 2.05) is 0 Å². The van der Waals surface area contributed by atoms with E-state index in [2.05, 4.69) is 46.4 Å². The molecule has 2 heterocycles. The molecule has 1 aromatic carbocycles. The van der Waals surface area contributed by atoms with Crippen LogP contribution in [0.15, 0.2) is 24.3 Å². The van der Waals surface area contributed by atoms with Gasteiger partial charge >= 0.3 is 0 Å². The first-order chi connectivity index (χ1) is 9.83. The molecule has 1 atom stereocenters. The minimum atomic E-state index is 0.695. The molecular formula is C17H27N3. The third-order valence-electron chi connectivity index (χ3n) is 4.80. The van der Waals surface area contributed by atoms with Gasteiger partial charge in [0.1, 0.15) is 0 Å². The van der Waals surface area contributed by atoms with Crippen molar-refractivity contribution in [1.29, 1.82) is 0 Å². The van der Waals surface area contributed by atoms with E-state index in [4.69, 9.17) is 0 Å². The third kappa shape index (κ3) is 3.33. The van der Waals surface area contributed by atoms with Crippen molar-refractivity contribution >= 4 is 5.69 Å². The van der Waals surface area contributed by atoms with E-state index in [1.54, 1.807) is 0 Å². The summed E-state index contributed by atoms with van der Waals surface area (Å²) in [4.78, 5) is 5.10. The lowest BCUT2D eigenvalue weighted by Crippen LogP contribution is -2.32. The van der Waals surface area contributed by atoms with Crippen molar-refractivity contribution in [3.63, 3.8) is 0 Å². The van der Waals surface area contributed by atoms with Crippen LogP contribution in [0.4, 0.5) is 5.69 Å². The van der Waals surface area contributed by atoms with Gasteiger partial charge in [0, 0.05) is 31.2 Å². The van der Waals surface area contributed by atoms with Gasteiger partial charge in [-0.05, 0) is 57.6 Å². The summed E-state index contributed by atoms with van der Waals surface area (Å²) in [5.74, 6) is 0.695. The molecule has 3 nitrogen and oxygen atoms in total. The van der Waals surface area contributed by atoms with Gasteiger partial charge in [-0.3, -0.25) is 0 Å². The number of likely N-dealkylation sites (N-methyl/N-ethyl adjacent to an activating group) is 1. The molecule has 3 heteroatoms. The SMILES string of the molecule is CN(CCC1CNc2ccccc21)CCN1CCCC1. The van der Waals surface area contributed by atoms with Crippen LogP contribution >= 0.6 is 0 Å². The Balaban J connectivity index is 1.41. The van der Waals surface area contributed by atoms with Gasteiger partial charge in [-0.15, -0.1) is 0 Å². The molecule has 1 aromatic rings. The van der Waals surface area contributed by atoms with Gasteiger partial charge in [-0.1, -0.05) is 18.2 Å². The largest absolute Gasteiger partial charge is 0.384 e. The van der Waals surface area contributed by atoms with Crippen LogP contribution in [0.5, 0.6) is 0 Å². The molecule has 2 aliphatic rings. The summed E-state index contributed by atoms with van der Waals surface area (Å²) in [6.45, 7) is 7.40. The number of nitrogens with one attached hydrogen (secondary N) is 1. The number of rotatable bonds is 6. The highest BCUT2D eigenvalue weighted by atomic mass is 15.2. The van der Waals surface area contributed by atoms with Crippen LogP contribution in [0.25, 0.3) is 0 Å². The third-order valence-corrected chi connectivity index (χ3v) is 4.80. The van der Waals surface area contributed by atoms with Gasteiger partial charge in [0.15, 0.2) is 0 Å². The molecule has 0 aliphatic carbocycles. The molecule has 1 fully saturated rings. The van der Waals surface area contributed by atoms with E-state index in [1.165, 1.54) is 63.2 Å². The van der Waals surface area contributed by atoms with E-state index in [9.17, 15) is 0 Å². The molecule has 0 bridgehead atoms. The smallest absolute Gasteiger partial charge is 0.0376 e. The van der Waals surface area contributed by atoms with Crippen molar-refractivity contribution in [3.8, 4) is 0 Å². The fourth-order valence-electron chi connectivity index (χ4n) is 3.42. The Bertz CT molecular complexity index is 426. The van der Waals surface area contributed by atoms with Crippen molar-refractivity contribution in [2.45, 2.75) is 25.2 Å². The average molecular weight is 273 g/mol. The van der Waals surface area contributed by atoms with E-state index in [-0.39, 0.29) is 0 Å². The molecule has 1 N–H and O–H groups in total. The Morgan fingerprint density at radius 1 is 1.20 bits per heavy atom. The maximum atomic E-state index is 3.52. The standard InChI is InChI=1S/C17H27N3/c1-19(12-13-20-9-4-5-10-20)11-8-15-14-18-17-7-3-2-6-16(15)17/h2-3,6-7,15,18H,4-5,8-14H2,1H3. The zero-order chi connectivity index (χ0) is 13.8. The summed E-state index contributed by atoms with van der Waals surface area (Å²) in [6, 6.07) is 8.77. The Labute approximate surface area is 123 Å². The van der Waals surface area contributed by atoms with Crippen LogP contribution in [0.3, 0.4) is 0 Å². The first-order valence-corrected chi connectivity index (χ1v) is 8.06. The van der Waals surface area contributed by atoms with Gasteiger partial charge in [-0.2, -0.15) is 0 Å². The molecule has 0 spiro atoms. The second kappa shape index (κ2) is 6.59. The lowest BCUT2D eigenvalue weighted by atomic mass is 9.98. The molecule has 0 saturated carbocycles. The lowest BCUT2D eigenvalue weighted by molar-refractivity contribution is 0.252. The van der Waals surface area contributed by atoms with Crippen LogP contribution in [0, 0.1) is 0 Å². The number of hydrogen-bond donors (Lipinski definition) is 1. The summed E-state index contributed by atoms with van der Waals surface area (Å²) in [6.07, 6.45) is 4.06. The molecule has 1 saturated heterocycles. The summed E-state index contributed by atoms with van der Waals surface area (Å²) < 4.78 is 0. The second-order valence-corrected chi connectivity index (χ2v) is 6.31. The van der Waals surface area contributed by atoms with Crippen molar-refractivity contribution in [2.24, 2.45) is 0 Å². The Kier molecular flexibility index (Phi) is 4.58. The van der Waals surface area contributed by atoms with Crippen molar-refractivity contribution in [2.75, 3.05) is 51.6 Å². The normalized spacial score (nSPS) is 22.2. The molecule has 2 aliphatic heterocycles. The van der Waals surface area contributed by atoms with Crippen molar-refractivity contribution in [1.82, 2.24) is 9.80 Å². The number of likely N-dealkylation sites (tertiary alicyclic amines) is 1. The highest BCUT2D eigenvalue weighted by molar-refractivity contribution is 5.57. The Morgan fingerprint density at radius 2 is 2.00 bits per heavy atom. The van der Waals surface area contributed by atoms with Gasteiger partial charge < -0.3 is 15.1 Å². The quantitative estimate of drug-likeness (QED) is 0.859. The van der Waals surface area contributed by atoms with Gasteiger partial charge in [0.2, 0.25) is 0 Å².